The molecule has 0 spiro atoms. The van der Waals surface area contributed by atoms with Crippen LogP contribution in [0.2, 0.25) is 0 Å². The van der Waals surface area contributed by atoms with Gasteiger partial charge >= 0.3 is 12.0 Å². The fraction of sp³-hybridized carbons (Fsp3) is 0.429. The fourth-order valence-corrected chi connectivity index (χ4v) is 2.03. The Morgan fingerprint density at radius 2 is 2.10 bits per heavy atom. The zero-order valence-electron chi connectivity index (χ0n) is 11.3. The van der Waals surface area contributed by atoms with Crippen molar-refractivity contribution in [2.24, 2.45) is 0 Å². The molecule has 2 rings (SSSR count). The summed E-state index contributed by atoms with van der Waals surface area (Å²) >= 11 is 0. The second kappa shape index (κ2) is 6.38. The van der Waals surface area contributed by atoms with Crippen molar-refractivity contribution in [3.05, 3.63) is 35.4 Å². The highest BCUT2D eigenvalue weighted by molar-refractivity contribution is 5.87. The normalized spacial score (nSPS) is 17.8. The van der Waals surface area contributed by atoms with E-state index in [0.717, 1.165) is 12.0 Å². The van der Waals surface area contributed by atoms with E-state index in [4.69, 9.17) is 9.84 Å². The van der Waals surface area contributed by atoms with Crippen molar-refractivity contribution >= 4 is 12.0 Å². The number of rotatable bonds is 4. The van der Waals surface area contributed by atoms with E-state index in [9.17, 15) is 9.59 Å². The number of urea groups is 1. The lowest BCUT2D eigenvalue weighted by Gasteiger charge is -2.20. The minimum absolute atomic E-state index is 0.0827. The third-order valence-corrected chi connectivity index (χ3v) is 3.22. The number of aromatic carboxylic acids is 1. The summed E-state index contributed by atoms with van der Waals surface area (Å²) in [5.41, 5.74) is 1.12. The predicted molar refractivity (Wildman–Crippen MR) is 72.6 cm³/mol. The van der Waals surface area contributed by atoms with Crippen molar-refractivity contribution in [3.8, 4) is 0 Å². The molecule has 1 aliphatic heterocycles. The lowest BCUT2D eigenvalue weighted by Crippen LogP contribution is -2.43. The minimum atomic E-state index is -0.955. The Kier molecular flexibility index (Phi) is 4.57. The third kappa shape index (κ3) is 3.71. The molecule has 108 valence electrons. The first-order valence-corrected chi connectivity index (χ1v) is 6.48. The van der Waals surface area contributed by atoms with E-state index < -0.39 is 5.97 Å². The quantitative estimate of drug-likeness (QED) is 0.870. The minimum Gasteiger partial charge on any atom is -0.478 e. The van der Waals surface area contributed by atoms with Gasteiger partial charge in [0.2, 0.25) is 0 Å². The molecule has 0 aromatic heterocycles. The highest BCUT2D eigenvalue weighted by atomic mass is 16.5. The fourth-order valence-electron chi connectivity index (χ4n) is 2.03. The van der Waals surface area contributed by atoms with Crippen LogP contribution in [0, 0.1) is 0 Å². The molecule has 2 amide bonds. The van der Waals surface area contributed by atoms with Gasteiger partial charge in [0.25, 0.3) is 0 Å². The Balaban J connectivity index is 1.87. The average Bonchev–Trinajstić information content (AvgIpc) is 2.92. The largest absolute Gasteiger partial charge is 0.478 e. The maximum absolute atomic E-state index is 11.9. The van der Waals surface area contributed by atoms with Crippen molar-refractivity contribution in [1.82, 2.24) is 10.2 Å². The molecule has 1 aromatic carbocycles. The standard InChI is InChI=1S/C14H18N2O4/c1-16(14(19)15-12-6-7-20-9-12)8-10-2-4-11(5-3-10)13(17)18/h2-5,12H,6-9H2,1H3,(H,15,19)(H,17,18). The first-order valence-electron chi connectivity index (χ1n) is 6.48. The third-order valence-electron chi connectivity index (χ3n) is 3.22. The van der Waals surface area contributed by atoms with Gasteiger partial charge in [0.15, 0.2) is 0 Å². The van der Waals surface area contributed by atoms with Gasteiger partial charge in [-0.05, 0) is 24.1 Å². The van der Waals surface area contributed by atoms with Gasteiger partial charge in [0.1, 0.15) is 0 Å². The molecule has 0 saturated carbocycles. The van der Waals surface area contributed by atoms with E-state index in [1.54, 1.807) is 24.1 Å². The van der Waals surface area contributed by atoms with Crippen molar-refractivity contribution in [2.45, 2.75) is 19.0 Å². The summed E-state index contributed by atoms with van der Waals surface area (Å²) in [7, 11) is 1.70. The molecular weight excluding hydrogens is 260 g/mol. The van der Waals surface area contributed by atoms with Gasteiger partial charge in [0.05, 0.1) is 18.2 Å². The number of hydrogen-bond acceptors (Lipinski definition) is 3. The molecule has 2 N–H and O–H groups in total. The Morgan fingerprint density at radius 1 is 1.40 bits per heavy atom. The topological polar surface area (TPSA) is 78.9 Å². The monoisotopic (exact) mass is 278 g/mol. The van der Waals surface area contributed by atoms with Crippen molar-refractivity contribution < 1.29 is 19.4 Å². The molecule has 1 unspecified atom stereocenters. The molecule has 1 fully saturated rings. The number of carboxylic acids is 1. The van der Waals surface area contributed by atoms with E-state index >= 15 is 0 Å². The average molecular weight is 278 g/mol. The Morgan fingerprint density at radius 3 is 2.65 bits per heavy atom. The maximum atomic E-state index is 11.9. The van der Waals surface area contributed by atoms with Gasteiger partial charge in [-0.2, -0.15) is 0 Å². The Labute approximate surface area is 117 Å². The maximum Gasteiger partial charge on any atom is 0.335 e. The van der Waals surface area contributed by atoms with Gasteiger partial charge in [-0.1, -0.05) is 12.1 Å². The summed E-state index contributed by atoms with van der Waals surface area (Å²) in [4.78, 5) is 24.3. The summed E-state index contributed by atoms with van der Waals surface area (Å²) in [5, 5.41) is 11.7. The van der Waals surface area contributed by atoms with Crippen molar-refractivity contribution in [1.29, 1.82) is 0 Å². The molecule has 0 aliphatic carbocycles. The number of carbonyl (C=O) groups is 2. The van der Waals surface area contributed by atoms with Crippen LogP contribution >= 0.6 is 0 Å². The zero-order chi connectivity index (χ0) is 14.5. The second-order valence-corrected chi connectivity index (χ2v) is 4.87. The number of ether oxygens (including phenoxy) is 1. The molecule has 0 bridgehead atoms. The summed E-state index contributed by atoms with van der Waals surface area (Å²) in [6.07, 6.45) is 0.840. The Hall–Kier alpha value is -2.08. The zero-order valence-corrected chi connectivity index (χ0v) is 11.3. The number of benzene rings is 1. The second-order valence-electron chi connectivity index (χ2n) is 4.87. The summed E-state index contributed by atoms with van der Waals surface area (Å²) in [6.45, 7) is 1.68. The highest BCUT2D eigenvalue weighted by Crippen LogP contribution is 2.08. The summed E-state index contributed by atoms with van der Waals surface area (Å²) in [6, 6.07) is 6.43. The van der Waals surface area contributed by atoms with Crippen LogP contribution in [0.25, 0.3) is 0 Å². The molecule has 1 aromatic rings. The smallest absolute Gasteiger partial charge is 0.335 e. The number of amides is 2. The van der Waals surface area contributed by atoms with Crippen LogP contribution in [0.1, 0.15) is 22.3 Å². The number of hydrogen-bond donors (Lipinski definition) is 2. The van der Waals surface area contributed by atoms with Gasteiger partial charge < -0.3 is 20.1 Å². The molecule has 1 aliphatic rings. The van der Waals surface area contributed by atoms with E-state index in [-0.39, 0.29) is 17.6 Å². The molecule has 20 heavy (non-hydrogen) atoms. The highest BCUT2D eigenvalue weighted by Gasteiger charge is 2.19. The first-order chi connectivity index (χ1) is 9.56. The summed E-state index contributed by atoms with van der Waals surface area (Å²) in [5.74, 6) is -0.955. The van der Waals surface area contributed by atoms with Crippen LogP contribution in [0.3, 0.4) is 0 Å². The Bertz CT molecular complexity index is 480. The lowest BCUT2D eigenvalue weighted by atomic mass is 10.1. The molecule has 0 radical (unpaired) electrons. The molecular formula is C14H18N2O4. The van der Waals surface area contributed by atoms with Crippen LogP contribution in [0.5, 0.6) is 0 Å². The lowest BCUT2D eigenvalue weighted by molar-refractivity contribution is 0.0697. The molecule has 6 heteroatoms. The van der Waals surface area contributed by atoms with Crippen molar-refractivity contribution in [2.75, 3.05) is 20.3 Å². The van der Waals surface area contributed by atoms with Gasteiger partial charge in [-0.3, -0.25) is 0 Å². The van der Waals surface area contributed by atoms with E-state index in [0.29, 0.717) is 19.8 Å². The van der Waals surface area contributed by atoms with Crippen molar-refractivity contribution in [3.63, 3.8) is 0 Å². The van der Waals surface area contributed by atoms with Crippen LogP contribution in [-0.4, -0.2) is 48.3 Å². The van der Waals surface area contributed by atoms with Crippen LogP contribution in [-0.2, 0) is 11.3 Å². The van der Waals surface area contributed by atoms with E-state index in [1.165, 1.54) is 12.1 Å². The van der Waals surface area contributed by atoms with Gasteiger partial charge in [-0.15, -0.1) is 0 Å². The summed E-state index contributed by atoms with van der Waals surface area (Å²) < 4.78 is 5.20. The number of nitrogens with one attached hydrogen (secondary N) is 1. The van der Waals surface area contributed by atoms with Crippen LogP contribution < -0.4 is 5.32 Å². The van der Waals surface area contributed by atoms with E-state index in [2.05, 4.69) is 5.32 Å². The van der Waals surface area contributed by atoms with Crippen LogP contribution in [0.4, 0.5) is 4.79 Å². The molecule has 6 nitrogen and oxygen atoms in total. The first kappa shape index (κ1) is 14.3. The van der Waals surface area contributed by atoms with Crippen LogP contribution in [0.15, 0.2) is 24.3 Å². The van der Waals surface area contributed by atoms with Gasteiger partial charge in [-0.25, -0.2) is 9.59 Å². The van der Waals surface area contributed by atoms with E-state index in [1.807, 2.05) is 0 Å². The number of carbonyl (C=O) groups excluding carboxylic acids is 1. The SMILES string of the molecule is CN(Cc1ccc(C(=O)O)cc1)C(=O)NC1CCOC1. The number of nitrogens with zero attached hydrogens (tertiary/aromatic N) is 1. The number of carboxylic acid groups (broad SMARTS) is 1. The molecule has 1 atom stereocenters. The predicted octanol–water partition coefficient (Wildman–Crippen LogP) is 1.32. The molecule has 1 saturated heterocycles. The molecule has 1 heterocycles. The van der Waals surface area contributed by atoms with Gasteiger partial charge in [0, 0.05) is 20.2 Å².